The van der Waals surface area contributed by atoms with Crippen LogP contribution in [0.25, 0.3) is 11.4 Å². The quantitative estimate of drug-likeness (QED) is 0.763. The monoisotopic (exact) mass is 359 g/mol. The van der Waals surface area contributed by atoms with E-state index in [4.69, 9.17) is 4.98 Å². The maximum Gasteiger partial charge on any atom is 0.271 e. The minimum Gasteiger partial charge on any atom is -0.336 e. The number of nitrogens with one attached hydrogen (secondary N) is 1. The van der Waals surface area contributed by atoms with E-state index in [2.05, 4.69) is 15.2 Å². The van der Waals surface area contributed by atoms with E-state index in [-0.39, 0.29) is 11.3 Å². The van der Waals surface area contributed by atoms with Crippen molar-refractivity contribution in [3.8, 4) is 11.4 Å². The molecule has 1 saturated heterocycles. The van der Waals surface area contributed by atoms with Crippen LogP contribution in [0.1, 0.15) is 41.0 Å². The van der Waals surface area contributed by atoms with Gasteiger partial charge in [-0.2, -0.15) is 5.10 Å². The summed E-state index contributed by atoms with van der Waals surface area (Å²) in [6.07, 6.45) is 7.67. The van der Waals surface area contributed by atoms with Gasteiger partial charge >= 0.3 is 0 Å². The van der Waals surface area contributed by atoms with E-state index in [0.29, 0.717) is 12.2 Å². The van der Waals surface area contributed by atoms with E-state index in [1.165, 1.54) is 5.56 Å². The number of benzene rings is 1. The van der Waals surface area contributed by atoms with E-state index in [9.17, 15) is 4.79 Å². The SMILES string of the molecule is O=C(c1ccn[nH]1)N1CCCC2(CCc3cnc(-c4ccccc4)nc32)C1. The average molecular weight is 359 g/mol. The average Bonchev–Trinajstić information content (AvgIpc) is 3.37. The molecular formula is C21H21N5O. The van der Waals surface area contributed by atoms with Crippen molar-refractivity contribution in [3.63, 3.8) is 0 Å². The van der Waals surface area contributed by atoms with Crippen molar-refractivity contribution in [1.82, 2.24) is 25.1 Å². The molecule has 0 bridgehead atoms. The van der Waals surface area contributed by atoms with Crippen molar-refractivity contribution in [3.05, 3.63) is 65.7 Å². The first-order chi connectivity index (χ1) is 13.3. The van der Waals surface area contributed by atoms with Crippen LogP contribution in [0.4, 0.5) is 0 Å². The van der Waals surface area contributed by atoms with Crippen molar-refractivity contribution in [1.29, 1.82) is 0 Å². The van der Waals surface area contributed by atoms with Crippen molar-refractivity contribution in [2.75, 3.05) is 13.1 Å². The highest BCUT2D eigenvalue weighted by molar-refractivity contribution is 5.92. The molecule has 6 heteroatoms. The Balaban J connectivity index is 1.49. The number of aromatic nitrogens is 4. The van der Waals surface area contributed by atoms with Gasteiger partial charge in [-0.1, -0.05) is 30.3 Å². The van der Waals surface area contributed by atoms with E-state index < -0.39 is 0 Å². The number of hydrogen-bond donors (Lipinski definition) is 1. The molecule has 5 rings (SSSR count). The molecule has 1 N–H and O–H groups in total. The van der Waals surface area contributed by atoms with Crippen LogP contribution in [0.15, 0.2) is 48.8 Å². The molecule has 3 aromatic rings. The van der Waals surface area contributed by atoms with Crippen LogP contribution in [-0.4, -0.2) is 44.1 Å². The number of nitrogens with zero attached hydrogens (tertiary/aromatic N) is 4. The first kappa shape index (κ1) is 16.2. The van der Waals surface area contributed by atoms with Crippen LogP contribution < -0.4 is 0 Å². The molecule has 0 saturated carbocycles. The molecular weight excluding hydrogens is 338 g/mol. The second kappa shape index (κ2) is 6.30. The summed E-state index contributed by atoms with van der Waals surface area (Å²) < 4.78 is 0. The lowest BCUT2D eigenvalue weighted by Crippen LogP contribution is -2.48. The number of fused-ring (bicyclic) bond motifs is 2. The van der Waals surface area contributed by atoms with Crippen molar-refractivity contribution >= 4 is 5.91 Å². The fraction of sp³-hybridized carbons (Fsp3) is 0.333. The number of piperidine rings is 1. The predicted octanol–water partition coefficient (Wildman–Crippen LogP) is 2.99. The van der Waals surface area contributed by atoms with Crippen molar-refractivity contribution < 1.29 is 4.79 Å². The molecule has 1 aliphatic carbocycles. The largest absolute Gasteiger partial charge is 0.336 e. The third-order valence-corrected chi connectivity index (χ3v) is 5.87. The Hall–Kier alpha value is -3.02. The Bertz CT molecular complexity index is 966. The first-order valence-corrected chi connectivity index (χ1v) is 9.46. The van der Waals surface area contributed by atoms with Gasteiger partial charge < -0.3 is 4.90 Å². The molecule has 1 aliphatic heterocycles. The molecule has 1 unspecified atom stereocenters. The van der Waals surface area contributed by atoms with Gasteiger partial charge in [-0.05, 0) is 37.3 Å². The van der Waals surface area contributed by atoms with Gasteiger partial charge in [-0.25, -0.2) is 9.97 Å². The molecule has 0 radical (unpaired) electrons. The Kier molecular flexibility index (Phi) is 3.77. The fourth-order valence-electron chi connectivity index (χ4n) is 4.52. The van der Waals surface area contributed by atoms with Crippen molar-refractivity contribution in [2.45, 2.75) is 31.1 Å². The van der Waals surface area contributed by atoms with Crippen LogP contribution in [0.5, 0.6) is 0 Å². The second-order valence-corrected chi connectivity index (χ2v) is 7.51. The second-order valence-electron chi connectivity index (χ2n) is 7.51. The van der Waals surface area contributed by atoms with Gasteiger partial charge in [-0.15, -0.1) is 0 Å². The number of H-pyrrole nitrogens is 1. The normalized spacial score (nSPS) is 21.4. The standard InChI is InChI=1S/C21H21N5O/c27-20(17-8-11-23-25-17)26-12-4-9-21(14-26)10-7-16-13-22-19(24-18(16)21)15-5-2-1-3-6-15/h1-3,5-6,8,11,13H,4,7,9-10,12,14H2,(H,23,25). The molecule has 3 heterocycles. The lowest BCUT2D eigenvalue weighted by molar-refractivity contribution is 0.0627. The number of carbonyl (C=O) groups is 1. The van der Waals surface area contributed by atoms with Gasteiger partial charge in [0.15, 0.2) is 5.82 Å². The highest BCUT2D eigenvalue weighted by Gasteiger charge is 2.45. The summed E-state index contributed by atoms with van der Waals surface area (Å²) in [5.41, 5.74) is 3.89. The van der Waals surface area contributed by atoms with Gasteiger partial charge in [0.1, 0.15) is 5.69 Å². The Morgan fingerprint density at radius 2 is 2.04 bits per heavy atom. The van der Waals surface area contributed by atoms with Gasteiger partial charge in [0.05, 0.1) is 5.69 Å². The van der Waals surface area contributed by atoms with E-state index in [1.807, 2.05) is 41.4 Å². The maximum absolute atomic E-state index is 12.8. The third-order valence-electron chi connectivity index (χ3n) is 5.87. The van der Waals surface area contributed by atoms with Crippen LogP contribution >= 0.6 is 0 Å². The summed E-state index contributed by atoms with van der Waals surface area (Å²) in [4.78, 5) is 24.4. The maximum atomic E-state index is 12.8. The Morgan fingerprint density at radius 1 is 1.15 bits per heavy atom. The topological polar surface area (TPSA) is 74.8 Å². The minimum atomic E-state index is -0.0598. The summed E-state index contributed by atoms with van der Waals surface area (Å²) in [6, 6.07) is 11.8. The van der Waals surface area contributed by atoms with E-state index in [0.717, 1.165) is 49.3 Å². The number of likely N-dealkylation sites (tertiary alicyclic amines) is 1. The van der Waals surface area contributed by atoms with E-state index in [1.54, 1.807) is 12.3 Å². The molecule has 1 amide bonds. The van der Waals surface area contributed by atoms with Crippen LogP contribution in [0, 0.1) is 0 Å². The molecule has 1 aromatic carbocycles. The Labute approximate surface area is 157 Å². The van der Waals surface area contributed by atoms with Crippen molar-refractivity contribution in [2.24, 2.45) is 0 Å². The fourth-order valence-corrected chi connectivity index (χ4v) is 4.52. The van der Waals surface area contributed by atoms with Gasteiger partial charge in [0.25, 0.3) is 5.91 Å². The molecule has 27 heavy (non-hydrogen) atoms. The zero-order chi connectivity index (χ0) is 18.3. The molecule has 2 aromatic heterocycles. The van der Waals surface area contributed by atoms with E-state index >= 15 is 0 Å². The summed E-state index contributed by atoms with van der Waals surface area (Å²) >= 11 is 0. The van der Waals surface area contributed by atoms with Crippen LogP contribution in [0.3, 0.4) is 0 Å². The predicted molar refractivity (Wildman–Crippen MR) is 101 cm³/mol. The molecule has 1 fully saturated rings. The number of amides is 1. The number of aromatic amines is 1. The van der Waals surface area contributed by atoms with Gasteiger partial charge in [0.2, 0.25) is 0 Å². The third kappa shape index (κ3) is 2.72. The summed E-state index contributed by atoms with van der Waals surface area (Å²) in [7, 11) is 0. The smallest absolute Gasteiger partial charge is 0.271 e. The highest BCUT2D eigenvalue weighted by Crippen LogP contribution is 2.44. The number of aryl methyl sites for hydroxylation is 1. The molecule has 2 aliphatic rings. The highest BCUT2D eigenvalue weighted by atomic mass is 16.2. The minimum absolute atomic E-state index is 0.0253. The van der Waals surface area contributed by atoms with Gasteiger partial charge in [0, 0.05) is 36.5 Å². The lowest BCUT2D eigenvalue weighted by atomic mass is 9.77. The number of carbonyl (C=O) groups excluding carboxylic acids is 1. The molecule has 6 nitrogen and oxygen atoms in total. The lowest BCUT2D eigenvalue weighted by Gasteiger charge is -2.40. The molecule has 1 spiro atoms. The number of rotatable bonds is 2. The zero-order valence-corrected chi connectivity index (χ0v) is 15.1. The summed E-state index contributed by atoms with van der Waals surface area (Å²) in [5.74, 6) is 0.796. The molecule has 1 atom stereocenters. The zero-order valence-electron chi connectivity index (χ0n) is 15.1. The summed E-state index contributed by atoms with van der Waals surface area (Å²) in [6.45, 7) is 1.49. The summed E-state index contributed by atoms with van der Waals surface area (Å²) in [5, 5.41) is 6.71. The number of hydrogen-bond acceptors (Lipinski definition) is 4. The molecule has 136 valence electrons. The Morgan fingerprint density at radius 3 is 2.85 bits per heavy atom. The first-order valence-electron chi connectivity index (χ1n) is 9.46. The van der Waals surface area contributed by atoms with Crippen LogP contribution in [-0.2, 0) is 11.8 Å². The van der Waals surface area contributed by atoms with Gasteiger partial charge in [-0.3, -0.25) is 9.89 Å². The van der Waals surface area contributed by atoms with Crippen LogP contribution in [0.2, 0.25) is 0 Å².